The molecule has 1 N–H and O–H groups in total. The highest BCUT2D eigenvalue weighted by atomic mass is 16.7. The van der Waals surface area contributed by atoms with Gasteiger partial charge in [-0.1, -0.05) is 20.3 Å². The maximum absolute atomic E-state index is 11.8. The predicted octanol–water partition coefficient (Wildman–Crippen LogP) is 2.52. The second-order valence-electron chi connectivity index (χ2n) is 6.26. The van der Waals surface area contributed by atoms with Gasteiger partial charge < -0.3 is 19.5 Å². The summed E-state index contributed by atoms with van der Waals surface area (Å²) in [7, 11) is 0. The minimum absolute atomic E-state index is 0.191. The Morgan fingerprint density at radius 2 is 1.65 bits per heavy atom. The summed E-state index contributed by atoms with van der Waals surface area (Å²) in [5.41, 5.74) is -0.666. The van der Waals surface area contributed by atoms with Crippen LogP contribution in [-0.2, 0) is 23.8 Å². The Balaban J connectivity index is 2.46. The second kappa shape index (κ2) is 8.74. The van der Waals surface area contributed by atoms with E-state index in [0.717, 1.165) is 19.3 Å². The largest absolute Gasteiger partial charge is 0.457 e. The zero-order chi connectivity index (χ0) is 17.5. The molecule has 23 heavy (non-hydrogen) atoms. The topological polar surface area (TPSA) is 90.9 Å². The highest BCUT2D eigenvalue weighted by molar-refractivity contribution is 5.72. The highest BCUT2D eigenvalue weighted by Crippen LogP contribution is 2.31. The lowest BCUT2D eigenvalue weighted by atomic mass is 9.84. The van der Waals surface area contributed by atoms with Gasteiger partial charge in [-0.2, -0.15) is 0 Å². The molecule has 1 saturated carbocycles. The number of nitrogens with one attached hydrogen (secondary N) is 1. The Hall–Kier alpha value is -1.79. The fraction of sp³-hybridized carbons (Fsp3) is 0.812. The molecular formula is C16H27NO6. The van der Waals surface area contributed by atoms with E-state index in [1.165, 1.54) is 13.8 Å². The van der Waals surface area contributed by atoms with Crippen LogP contribution in [0.5, 0.6) is 0 Å². The van der Waals surface area contributed by atoms with Crippen molar-refractivity contribution in [2.75, 3.05) is 6.54 Å². The van der Waals surface area contributed by atoms with Gasteiger partial charge in [-0.15, -0.1) is 0 Å². The van der Waals surface area contributed by atoms with Crippen LogP contribution in [0.3, 0.4) is 0 Å². The first-order valence-corrected chi connectivity index (χ1v) is 8.09. The molecule has 0 bridgehead atoms. The lowest BCUT2D eigenvalue weighted by Gasteiger charge is -2.36. The van der Waals surface area contributed by atoms with Gasteiger partial charge in [-0.3, -0.25) is 9.59 Å². The fourth-order valence-electron chi connectivity index (χ4n) is 2.57. The van der Waals surface area contributed by atoms with E-state index in [1.54, 1.807) is 13.8 Å². The van der Waals surface area contributed by atoms with Gasteiger partial charge in [0, 0.05) is 13.8 Å². The number of hydrogen-bond acceptors (Lipinski definition) is 6. The quantitative estimate of drug-likeness (QED) is 0.595. The molecule has 1 aliphatic rings. The molecule has 0 saturated heterocycles. The zero-order valence-corrected chi connectivity index (χ0v) is 14.3. The first-order valence-electron chi connectivity index (χ1n) is 8.09. The van der Waals surface area contributed by atoms with Crippen molar-refractivity contribution in [3.05, 3.63) is 0 Å². The Morgan fingerprint density at radius 1 is 1.04 bits per heavy atom. The number of amides is 1. The van der Waals surface area contributed by atoms with Crippen molar-refractivity contribution in [3.63, 3.8) is 0 Å². The Labute approximate surface area is 137 Å². The van der Waals surface area contributed by atoms with Crippen molar-refractivity contribution >= 4 is 18.0 Å². The minimum atomic E-state index is -0.971. The summed E-state index contributed by atoms with van der Waals surface area (Å²) in [6.45, 7) is 6.42. The van der Waals surface area contributed by atoms with Crippen LogP contribution < -0.4 is 5.32 Å². The maximum Gasteiger partial charge on any atom is 0.410 e. The van der Waals surface area contributed by atoms with E-state index in [4.69, 9.17) is 14.2 Å². The van der Waals surface area contributed by atoms with Crippen LogP contribution in [0, 0.1) is 5.92 Å². The van der Waals surface area contributed by atoms with Gasteiger partial charge in [0.1, 0.15) is 5.60 Å². The van der Waals surface area contributed by atoms with Gasteiger partial charge in [-0.25, -0.2) is 4.79 Å². The van der Waals surface area contributed by atoms with Gasteiger partial charge in [0.05, 0.1) is 12.5 Å². The first kappa shape index (κ1) is 19.3. The molecule has 132 valence electrons. The Kier molecular flexibility index (Phi) is 7.32. The summed E-state index contributed by atoms with van der Waals surface area (Å²) < 4.78 is 15.4. The standard InChI is InChI=1S/C16H27NO6/c1-11(2)14(19)21-13(4)22-15(20)17-10-16(23-12(3)18)8-6-5-7-9-16/h11,13H,5-10H2,1-4H3,(H,17,20). The van der Waals surface area contributed by atoms with Crippen molar-refractivity contribution in [1.29, 1.82) is 0 Å². The SMILES string of the molecule is CC(=O)OC1(CNC(=O)OC(C)OC(=O)C(C)C)CCCCC1. The van der Waals surface area contributed by atoms with Crippen molar-refractivity contribution in [2.24, 2.45) is 5.92 Å². The van der Waals surface area contributed by atoms with Crippen LogP contribution in [0.4, 0.5) is 4.79 Å². The lowest BCUT2D eigenvalue weighted by molar-refractivity contribution is -0.169. The number of rotatable bonds is 6. The molecule has 0 heterocycles. The second-order valence-corrected chi connectivity index (χ2v) is 6.26. The summed E-state index contributed by atoms with van der Waals surface area (Å²) in [4.78, 5) is 34.5. The van der Waals surface area contributed by atoms with E-state index in [9.17, 15) is 14.4 Å². The van der Waals surface area contributed by atoms with Gasteiger partial charge in [0.15, 0.2) is 0 Å². The van der Waals surface area contributed by atoms with E-state index in [0.29, 0.717) is 12.8 Å². The van der Waals surface area contributed by atoms with Crippen LogP contribution in [-0.4, -0.2) is 36.5 Å². The average molecular weight is 329 g/mol. The number of esters is 2. The number of ether oxygens (including phenoxy) is 3. The molecule has 1 aliphatic carbocycles. The fourth-order valence-corrected chi connectivity index (χ4v) is 2.57. The molecule has 0 radical (unpaired) electrons. The summed E-state index contributed by atoms with van der Waals surface area (Å²) in [5, 5.41) is 2.60. The molecule has 0 aromatic heterocycles. The smallest absolute Gasteiger partial charge is 0.410 e. The molecule has 1 amide bonds. The summed E-state index contributed by atoms with van der Waals surface area (Å²) in [6, 6.07) is 0. The number of alkyl carbamates (subject to hydrolysis) is 1. The van der Waals surface area contributed by atoms with Gasteiger partial charge in [0.25, 0.3) is 0 Å². The van der Waals surface area contributed by atoms with Gasteiger partial charge in [0.2, 0.25) is 6.29 Å². The van der Waals surface area contributed by atoms with Gasteiger partial charge >= 0.3 is 18.0 Å². The van der Waals surface area contributed by atoms with E-state index < -0.39 is 24.0 Å². The third-order valence-electron chi connectivity index (χ3n) is 3.71. The third kappa shape index (κ3) is 6.88. The summed E-state index contributed by atoms with van der Waals surface area (Å²) in [6.07, 6.45) is 2.75. The summed E-state index contributed by atoms with van der Waals surface area (Å²) >= 11 is 0. The maximum atomic E-state index is 11.8. The molecule has 0 spiro atoms. The molecule has 0 aromatic rings. The van der Waals surface area contributed by atoms with Crippen molar-refractivity contribution in [1.82, 2.24) is 5.32 Å². The molecular weight excluding hydrogens is 302 g/mol. The first-order chi connectivity index (χ1) is 10.7. The molecule has 0 aliphatic heterocycles. The minimum Gasteiger partial charge on any atom is -0.457 e. The van der Waals surface area contributed by atoms with Gasteiger partial charge in [-0.05, 0) is 25.7 Å². The van der Waals surface area contributed by atoms with Crippen molar-refractivity contribution in [3.8, 4) is 0 Å². The molecule has 1 rings (SSSR count). The number of carbonyl (C=O) groups is 3. The molecule has 7 heteroatoms. The molecule has 0 aromatic carbocycles. The summed E-state index contributed by atoms with van der Waals surface area (Å²) in [5.74, 6) is -1.09. The van der Waals surface area contributed by atoms with E-state index in [1.807, 2.05) is 0 Å². The van der Waals surface area contributed by atoms with E-state index in [2.05, 4.69) is 5.32 Å². The van der Waals surface area contributed by atoms with Crippen molar-refractivity contribution < 1.29 is 28.6 Å². The Morgan fingerprint density at radius 3 is 2.17 bits per heavy atom. The number of carbonyl (C=O) groups excluding carboxylic acids is 3. The lowest BCUT2D eigenvalue weighted by Crippen LogP contribution is -2.48. The zero-order valence-electron chi connectivity index (χ0n) is 14.3. The van der Waals surface area contributed by atoms with Crippen LogP contribution in [0.15, 0.2) is 0 Å². The molecule has 1 unspecified atom stereocenters. The van der Waals surface area contributed by atoms with Crippen LogP contribution in [0.25, 0.3) is 0 Å². The third-order valence-corrected chi connectivity index (χ3v) is 3.71. The predicted molar refractivity (Wildman–Crippen MR) is 82.5 cm³/mol. The van der Waals surface area contributed by atoms with Crippen LogP contribution >= 0.6 is 0 Å². The van der Waals surface area contributed by atoms with Crippen LogP contribution in [0.1, 0.15) is 59.8 Å². The van der Waals surface area contributed by atoms with Crippen LogP contribution in [0.2, 0.25) is 0 Å². The van der Waals surface area contributed by atoms with Crippen molar-refractivity contribution in [2.45, 2.75) is 71.7 Å². The molecule has 1 fully saturated rings. The molecule has 7 nitrogen and oxygen atoms in total. The highest BCUT2D eigenvalue weighted by Gasteiger charge is 2.35. The molecule has 1 atom stereocenters. The Bertz CT molecular complexity index is 428. The van der Waals surface area contributed by atoms with E-state index in [-0.39, 0.29) is 18.4 Å². The number of hydrogen-bond donors (Lipinski definition) is 1. The average Bonchev–Trinajstić information content (AvgIpc) is 2.45. The normalized spacial score (nSPS) is 18.0. The monoisotopic (exact) mass is 329 g/mol. The van der Waals surface area contributed by atoms with E-state index >= 15 is 0 Å².